The molecule has 0 radical (unpaired) electrons. The molecule has 2 aromatic rings. The fourth-order valence-electron chi connectivity index (χ4n) is 1.57. The van der Waals surface area contributed by atoms with Crippen LogP contribution in [-0.2, 0) is 13.0 Å². The van der Waals surface area contributed by atoms with Gasteiger partial charge in [-0.25, -0.2) is 4.98 Å². The Kier molecular flexibility index (Phi) is 4.54. The summed E-state index contributed by atoms with van der Waals surface area (Å²) in [7, 11) is 0. The maximum absolute atomic E-state index is 9.20. The summed E-state index contributed by atoms with van der Waals surface area (Å²) in [6.07, 6.45) is 0.816. The molecule has 0 atom stereocenters. The smallest absolute Gasteiger partial charge is 0.219 e. The van der Waals surface area contributed by atoms with Crippen molar-refractivity contribution in [2.24, 2.45) is 0 Å². The van der Waals surface area contributed by atoms with Crippen molar-refractivity contribution in [3.05, 3.63) is 51.2 Å². The summed E-state index contributed by atoms with van der Waals surface area (Å²) in [5.41, 5.74) is 1.74. The highest BCUT2D eigenvalue weighted by molar-refractivity contribution is 14.1. The van der Waals surface area contributed by atoms with Gasteiger partial charge in [0.05, 0.1) is 6.61 Å². The average molecular weight is 355 g/mol. The van der Waals surface area contributed by atoms with Crippen molar-refractivity contribution in [2.45, 2.75) is 20.0 Å². The van der Waals surface area contributed by atoms with E-state index in [1.54, 1.807) is 6.07 Å². The monoisotopic (exact) mass is 355 g/mol. The number of ether oxygens (including phenoxy) is 1. The van der Waals surface area contributed by atoms with Crippen LogP contribution >= 0.6 is 22.6 Å². The molecule has 0 saturated carbocycles. The highest BCUT2D eigenvalue weighted by Gasteiger charge is 2.03. The van der Waals surface area contributed by atoms with Crippen molar-refractivity contribution >= 4 is 22.6 Å². The molecular formula is C14H14INO2. The van der Waals surface area contributed by atoms with Gasteiger partial charge < -0.3 is 9.84 Å². The Morgan fingerprint density at radius 2 is 1.94 bits per heavy atom. The zero-order valence-electron chi connectivity index (χ0n) is 10.1. The van der Waals surface area contributed by atoms with Crippen molar-refractivity contribution < 1.29 is 9.84 Å². The molecule has 0 amide bonds. The van der Waals surface area contributed by atoms with Crippen LogP contribution in [0.25, 0.3) is 0 Å². The fraction of sp³-hybridized carbons (Fsp3) is 0.214. The van der Waals surface area contributed by atoms with Crippen molar-refractivity contribution in [1.29, 1.82) is 0 Å². The second-order valence-corrected chi connectivity index (χ2v) is 5.12. The van der Waals surface area contributed by atoms with Gasteiger partial charge in [0.25, 0.3) is 0 Å². The molecule has 94 valence electrons. The van der Waals surface area contributed by atoms with Crippen LogP contribution in [0.15, 0.2) is 36.4 Å². The topological polar surface area (TPSA) is 42.4 Å². The molecule has 0 saturated heterocycles. The Hall–Kier alpha value is -1.14. The minimum absolute atomic E-state index is 0.00142. The summed E-state index contributed by atoms with van der Waals surface area (Å²) in [5, 5.41) is 9.20. The molecule has 0 aliphatic rings. The number of benzene rings is 1. The van der Waals surface area contributed by atoms with E-state index in [9.17, 15) is 5.11 Å². The summed E-state index contributed by atoms with van der Waals surface area (Å²) >= 11 is 2.25. The van der Waals surface area contributed by atoms with Gasteiger partial charge in [0.2, 0.25) is 5.88 Å². The number of hydrogen-bond donors (Lipinski definition) is 1. The first-order chi connectivity index (χ1) is 8.71. The van der Waals surface area contributed by atoms with E-state index in [0.717, 1.165) is 27.0 Å². The second kappa shape index (κ2) is 6.15. The van der Waals surface area contributed by atoms with Crippen LogP contribution in [-0.4, -0.2) is 10.1 Å². The number of rotatable bonds is 4. The number of pyridine rings is 1. The van der Waals surface area contributed by atoms with Crippen LogP contribution in [0.5, 0.6) is 11.6 Å². The number of nitrogens with zero attached hydrogens (tertiary/aromatic N) is 1. The molecule has 0 spiro atoms. The largest absolute Gasteiger partial charge is 0.439 e. The molecule has 0 aliphatic carbocycles. The molecule has 1 N–H and O–H groups in total. The Balaban J connectivity index is 2.25. The van der Waals surface area contributed by atoms with E-state index in [2.05, 4.69) is 27.6 Å². The molecule has 18 heavy (non-hydrogen) atoms. The molecule has 3 nitrogen and oxygen atoms in total. The van der Waals surface area contributed by atoms with Gasteiger partial charge in [0.1, 0.15) is 5.75 Å². The normalized spacial score (nSPS) is 10.4. The van der Waals surface area contributed by atoms with Crippen molar-refractivity contribution in [3.63, 3.8) is 0 Å². The van der Waals surface area contributed by atoms with Crippen LogP contribution in [0.2, 0.25) is 0 Å². The molecule has 1 heterocycles. The predicted octanol–water partition coefficient (Wildman–Crippen LogP) is 3.53. The molecular weight excluding hydrogens is 341 g/mol. The molecule has 0 unspecified atom stereocenters. The summed E-state index contributed by atoms with van der Waals surface area (Å²) in [5.74, 6) is 1.28. The van der Waals surface area contributed by atoms with Gasteiger partial charge in [-0.2, -0.15) is 0 Å². The number of aryl methyl sites for hydroxylation is 1. The third-order valence-electron chi connectivity index (χ3n) is 2.50. The van der Waals surface area contributed by atoms with E-state index in [-0.39, 0.29) is 6.61 Å². The van der Waals surface area contributed by atoms with Crippen molar-refractivity contribution in [1.82, 2.24) is 4.98 Å². The lowest BCUT2D eigenvalue weighted by atomic mass is 10.2. The Morgan fingerprint density at radius 1 is 1.22 bits per heavy atom. The summed E-state index contributed by atoms with van der Waals surface area (Å²) in [6, 6.07) is 11.4. The lowest BCUT2D eigenvalue weighted by molar-refractivity contribution is 0.281. The van der Waals surface area contributed by atoms with Crippen molar-refractivity contribution in [2.75, 3.05) is 0 Å². The van der Waals surface area contributed by atoms with Gasteiger partial charge in [-0.1, -0.05) is 6.92 Å². The third kappa shape index (κ3) is 3.43. The van der Waals surface area contributed by atoms with Gasteiger partial charge in [0, 0.05) is 15.3 Å². The van der Waals surface area contributed by atoms with Gasteiger partial charge >= 0.3 is 0 Å². The van der Waals surface area contributed by atoms with Crippen LogP contribution in [0, 0.1) is 3.57 Å². The molecule has 1 aromatic carbocycles. The quantitative estimate of drug-likeness (QED) is 0.854. The number of aromatic nitrogens is 1. The van der Waals surface area contributed by atoms with Crippen LogP contribution in [0.1, 0.15) is 18.2 Å². The number of hydrogen-bond acceptors (Lipinski definition) is 3. The zero-order valence-corrected chi connectivity index (χ0v) is 12.2. The lowest BCUT2D eigenvalue weighted by Crippen LogP contribution is -1.96. The minimum atomic E-state index is -0.00142. The molecule has 4 heteroatoms. The number of aliphatic hydroxyl groups is 1. The van der Waals surface area contributed by atoms with Crippen molar-refractivity contribution in [3.8, 4) is 11.6 Å². The third-order valence-corrected chi connectivity index (χ3v) is 3.21. The number of halogens is 1. The Morgan fingerprint density at radius 3 is 2.56 bits per heavy atom. The van der Waals surface area contributed by atoms with Gasteiger partial charge in [-0.15, -0.1) is 0 Å². The summed E-state index contributed by atoms with van der Waals surface area (Å²) in [6.45, 7) is 2.02. The van der Waals surface area contributed by atoms with E-state index in [0.29, 0.717) is 5.88 Å². The summed E-state index contributed by atoms with van der Waals surface area (Å²) in [4.78, 5) is 4.38. The molecule has 0 fully saturated rings. The highest BCUT2D eigenvalue weighted by atomic mass is 127. The maximum Gasteiger partial charge on any atom is 0.219 e. The first-order valence-electron chi connectivity index (χ1n) is 5.75. The van der Waals surface area contributed by atoms with Gasteiger partial charge in [0.15, 0.2) is 0 Å². The van der Waals surface area contributed by atoms with Gasteiger partial charge in [-0.3, -0.25) is 0 Å². The zero-order chi connectivity index (χ0) is 13.0. The van der Waals surface area contributed by atoms with E-state index in [4.69, 9.17) is 4.74 Å². The maximum atomic E-state index is 9.20. The standard InChI is InChI=1S/C14H14INO2/c1-2-12-7-10(9-17)8-14(16-12)18-13-5-3-11(15)4-6-13/h3-8,17H,2,9H2,1H3. The van der Waals surface area contributed by atoms with Crippen LogP contribution in [0.3, 0.4) is 0 Å². The SMILES string of the molecule is CCc1cc(CO)cc(Oc2ccc(I)cc2)n1. The van der Waals surface area contributed by atoms with E-state index >= 15 is 0 Å². The molecule has 0 aliphatic heterocycles. The van der Waals surface area contributed by atoms with Crippen LogP contribution < -0.4 is 4.74 Å². The van der Waals surface area contributed by atoms with Gasteiger partial charge in [-0.05, 0) is 64.9 Å². The first kappa shape index (κ1) is 13.3. The Bertz CT molecular complexity index is 504. The average Bonchev–Trinajstić information content (AvgIpc) is 2.41. The van der Waals surface area contributed by atoms with E-state index < -0.39 is 0 Å². The van der Waals surface area contributed by atoms with E-state index in [1.165, 1.54) is 0 Å². The first-order valence-corrected chi connectivity index (χ1v) is 6.83. The minimum Gasteiger partial charge on any atom is -0.439 e. The molecule has 1 aromatic heterocycles. The highest BCUT2D eigenvalue weighted by Crippen LogP contribution is 2.22. The Labute approximate surface area is 120 Å². The van der Waals surface area contributed by atoms with E-state index in [1.807, 2.05) is 37.3 Å². The second-order valence-electron chi connectivity index (χ2n) is 3.87. The summed E-state index contributed by atoms with van der Waals surface area (Å²) < 4.78 is 6.85. The van der Waals surface area contributed by atoms with Crippen LogP contribution in [0.4, 0.5) is 0 Å². The predicted molar refractivity (Wildman–Crippen MR) is 78.8 cm³/mol. The lowest BCUT2D eigenvalue weighted by Gasteiger charge is -2.08. The number of aliphatic hydroxyl groups excluding tert-OH is 1. The molecule has 0 bridgehead atoms. The molecule has 2 rings (SSSR count). The fourth-order valence-corrected chi connectivity index (χ4v) is 1.93.